The molecule has 0 aliphatic carbocycles. The summed E-state index contributed by atoms with van der Waals surface area (Å²) in [6.45, 7) is 4.58. The van der Waals surface area contributed by atoms with Crippen LogP contribution in [0.25, 0.3) is 93.8 Å². The minimum atomic E-state index is 0.239. The van der Waals surface area contributed by atoms with E-state index < -0.39 is 0 Å². The fourth-order valence-electron chi connectivity index (χ4n) is 7.93. The van der Waals surface area contributed by atoms with Crippen LogP contribution in [0, 0.1) is 0 Å². The van der Waals surface area contributed by atoms with Crippen LogP contribution in [-0.4, -0.2) is 9.55 Å². The van der Waals surface area contributed by atoms with Crippen LogP contribution in [0.15, 0.2) is 168 Å². The lowest BCUT2D eigenvalue weighted by Crippen LogP contribution is -2.07. The molecule has 242 valence electrons. The van der Waals surface area contributed by atoms with E-state index in [1.165, 1.54) is 38.4 Å². The van der Waals surface area contributed by atoms with E-state index in [9.17, 15) is 0 Å². The fourth-order valence-corrected chi connectivity index (χ4v) is 7.93. The van der Waals surface area contributed by atoms with Gasteiger partial charge in [-0.1, -0.05) is 135 Å². The summed E-state index contributed by atoms with van der Waals surface area (Å²) < 4.78 is 9.39. The average molecular weight is 655 g/mol. The van der Waals surface area contributed by atoms with Gasteiger partial charge in [-0.25, -0.2) is 4.98 Å². The maximum atomic E-state index is 7.00. The summed E-state index contributed by atoms with van der Waals surface area (Å²) in [5.74, 6) is 1.10. The second-order valence-corrected chi connectivity index (χ2v) is 13.7. The predicted molar refractivity (Wildman–Crippen MR) is 214 cm³/mol. The van der Waals surface area contributed by atoms with Crippen LogP contribution in [0.3, 0.4) is 0 Å². The van der Waals surface area contributed by atoms with Gasteiger partial charge in [-0.15, -0.1) is 0 Å². The number of hydrogen-bond acceptors (Lipinski definition) is 2. The molecule has 3 nitrogen and oxygen atoms in total. The number of nitrogens with zero attached hydrogens (tertiary/aromatic N) is 2. The van der Waals surface area contributed by atoms with E-state index >= 15 is 0 Å². The summed E-state index contributed by atoms with van der Waals surface area (Å²) >= 11 is 0. The number of imidazole rings is 1. The molecule has 0 radical (unpaired) electrons. The molecule has 0 saturated heterocycles. The van der Waals surface area contributed by atoms with Crippen molar-refractivity contribution in [1.29, 1.82) is 0 Å². The lowest BCUT2D eigenvalue weighted by atomic mass is 9.89. The van der Waals surface area contributed by atoms with Crippen LogP contribution in [0.4, 0.5) is 0 Å². The smallest absolute Gasteiger partial charge is 0.149 e. The van der Waals surface area contributed by atoms with Crippen molar-refractivity contribution in [2.24, 2.45) is 0 Å². The van der Waals surface area contributed by atoms with Gasteiger partial charge in [0.25, 0.3) is 0 Å². The van der Waals surface area contributed by atoms with Crippen molar-refractivity contribution >= 4 is 54.5 Å². The predicted octanol–water partition coefficient (Wildman–Crippen LogP) is 13.4. The van der Waals surface area contributed by atoms with Gasteiger partial charge in [0.15, 0.2) is 0 Å². The first-order valence-corrected chi connectivity index (χ1v) is 17.7. The number of fused-ring (bicyclic) bond motifs is 8. The lowest BCUT2D eigenvalue weighted by molar-refractivity contribution is 0.673. The standard InChI is InChI=1S/C48H34N2O/c1-30(2)41-28-34(31-14-5-3-6-15-31)29-42(32-16-7-4-8-17-32)45(41)50-44-23-12-11-22-43(44)49-48(50)40-21-13-20-37-39-27-26-36-35-19-10-9-18-33(35)24-25-38(36)46(39)51-47(37)40/h3-30H,1-2H3. The van der Waals surface area contributed by atoms with E-state index in [2.05, 4.69) is 182 Å². The van der Waals surface area contributed by atoms with Crippen molar-refractivity contribution in [3.63, 3.8) is 0 Å². The molecule has 0 saturated carbocycles. The lowest BCUT2D eigenvalue weighted by Gasteiger charge is -2.23. The SMILES string of the molecule is CC(C)c1cc(-c2ccccc2)cc(-c2ccccc2)c1-n1c(-c2cccc3c2oc2c3ccc3c4ccccc4ccc32)nc2ccccc21. The molecule has 0 amide bonds. The van der Waals surface area contributed by atoms with Crippen molar-refractivity contribution < 1.29 is 4.42 Å². The number of para-hydroxylation sites is 3. The van der Waals surface area contributed by atoms with E-state index in [-0.39, 0.29) is 5.92 Å². The minimum Gasteiger partial charge on any atom is -0.455 e. The van der Waals surface area contributed by atoms with Gasteiger partial charge in [-0.2, -0.15) is 0 Å². The zero-order valence-electron chi connectivity index (χ0n) is 28.5. The molecule has 0 aliphatic rings. The van der Waals surface area contributed by atoms with E-state index in [0.717, 1.165) is 61.0 Å². The summed E-state index contributed by atoms with van der Waals surface area (Å²) in [4.78, 5) is 5.40. The number of rotatable bonds is 5. The van der Waals surface area contributed by atoms with Crippen molar-refractivity contribution in [3.8, 4) is 39.3 Å². The molecule has 2 heterocycles. The third-order valence-electron chi connectivity index (χ3n) is 10.4. The first-order valence-electron chi connectivity index (χ1n) is 17.7. The molecule has 0 aliphatic heterocycles. The van der Waals surface area contributed by atoms with Crippen molar-refractivity contribution in [2.45, 2.75) is 19.8 Å². The van der Waals surface area contributed by atoms with E-state index in [4.69, 9.17) is 9.40 Å². The maximum Gasteiger partial charge on any atom is 0.149 e. The van der Waals surface area contributed by atoms with Crippen LogP contribution < -0.4 is 0 Å². The Bertz CT molecular complexity index is 2930. The number of aromatic nitrogens is 2. The summed E-state index contributed by atoms with van der Waals surface area (Å²) in [5.41, 5.74) is 11.9. The first kappa shape index (κ1) is 29.5. The summed E-state index contributed by atoms with van der Waals surface area (Å²) in [6, 6.07) is 58.6. The molecule has 8 aromatic carbocycles. The Labute approximate surface area is 296 Å². The number of hydrogen-bond donors (Lipinski definition) is 0. The van der Waals surface area contributed by atoms with Gasteiger partial charge in [-0.05, 0) is 86.8 Å². The van der Waals surface area contributed by atoms with E-state index in [0.29, 0.717) is 0 Å². The Morgan fingerprint density at radius 1 is 0.490 bits per heavy atom. The minimum absolute atomic E-state index is 0.239. The molecular formula is C48H34N2O. The molecule has 10 aromatic rings. The highest BCUT2D eigenvalue weighted by Gasteiger charge is 2.25. The molecular weight excluding hydrogens is 621 g/mol. The Kier molecular flexibility index (Phi) is 6.68. The summed E-state index contributed by atoms with van der Waals surface area (Å²) in [7, 11) is 0. The van der Waals surface area contributed by atoms with Crippen LogP contribution in [0.2, 0.25) is 0 Å². The molecule has 0 bridgehead atoms. The largest absolute Gasteiger partial charge is 0.455 e. The first-order chi connectivity index (χ1) is 25.1. The Hall–Kier alpha value is -6.45. The van der Waals surface area contributed by atoms with Crippen LogP contribution in [0.1, 0.15) is 25.3 Å². The second kappa shape index (κ2) is 11.6. The van der Waals surface area contributed by atoms with Crippen molar-refractivity contribution in [1.82, 2.24) is 9.55 Å². The fraction of sp³-hybridized carbons (Fsp3) is 0.0625. The molecule has 10 rings (SSSR count). The quantitative estimate of drug-likeness (QED) is 0.173. The second-order valence-electron chi connectivity index (χ2n) is 13.7. The normalized spacial score (nSPS) is 11.9. The van der Waals surface area contributed by atoms with Crippen molar-refractivity contribution in [2.75, 3.05) is 0 Å². The van der Waals surface area contributed by atoms with E-state index in [1.54, 1.807) is 0 Å². The highest BCUT2D eigenvalue weighted by atomic mass is 16.3. The maximum absolute atomic E-state index is 7.00. The molecule has 0 spiro atoms. The van der Waals surface area contributed by atoms with Gasteiger partial charge < -0.3 is 4.42 Å². The monoisotopic (exact) mass is 654 g/mol. The average Bonchev–Trinajstić information content (AvgIpc) is 3.77. The highest BCUT2D eigenvalue weighted by molar-refractivity contribution is 6.21. The molecule has 0 atom stereocenters. The van der Waals surface area contributed by atoms with Gasteiger partial charge >= 0.3 is 0 Å². The molecule has 3 heteroatoms. The van der Waals surface area contributed by atoms with Gasteiger partial charge in [0.1, 0.15) is 17.0 Å². The molecule has 51 heavy (non-hydrogen) atoms. The van der Waals surface area contributed by atoms with Crippen LogP contribution in [-0.2, 0) is 0 Å². The zero-order chi connectivity index (χ0) is 34.1. The third-order valence-corrected chi connectivity index (χ3v) is 10.4. The third kappa shape index (κ3) is 4.62. The van der Waals surface area contributed by atoms with Crippen LogP contribution in [0.5, 0.6) is 0 Å². The Morgan fingerprint density at radius 2 is 1.14 bits per heavy atom. The zero-order valence-corrected chi connectivity index (χ0v) is 28.5. The molecule has 0 fully saturated rings. The van der Waals surface area contributed by atoms with Gasteiger partial charge in [-0.3, -0.25) is 4.57 Å². The molecule has 0 unspecified atom stereocenters. The molecule has 0 N–H and O–H groups in total. The number of furan rings is 1. The topological polar surface area (TPSA) is 31.0 Å². The van der Waals surface area contributed by atoms with Gasteiger partial charge in [0.2, 0.25) is 0 Å². The van der Waals surface area contributed by atoms with Gasteiger partial charge in [0.05, 0.1) is 22.3 Å². The van der Waals surface area contributed by atoms with Crippen molar-refractivity contribution in [3.05, 3.63) is 169 Å². The summed E-state index contributed by atoms with van der Waals surface area (Å²) in [5, 5.41) is 6.96. The van der Waals surface area contributed by atoms with Gasteiger partial charge in [0, 0.05) is 21.7 Å². The number of benzene rings is 8. The van der Waals surface area contributed by atoms with Crippen LogP contribution >= 0.6 is 0 Å². The Morgan fingerprint density at radius 3 is 1.96 bits per heavy atom. The molecule has 2 aromatic heterocycles. The summed E-state index contributed by atoms with van der Waals surface area (Å²) in [6.07, 6.45) is 0. The highest BCUT2D eigenvalue weighted by Crippen LogP contribution is 2.44. The van der Waals surface area contributed by atoms with E-state index in [1.807, 2.05) is 0 Å². The Balaban J connectivity index is 1.30.